The van der Waals surface area contributed by atoms with E-state index < -0.39 is 11.5 Å². The van der Waals surface area contributed by atoms with E-state index in [-0.39, 0.29) is 36.9 Å². The highest BCUT2D eigenvalue weighted by atomic mass is 19.1. The van der Waals surface area contributed by atoms with Crippen LogP contribution in [0.2, 0.25) is 0 Å². The van der Waals surface area contributed by atoms with Gasteiger partial charge in [0.1, 0.15) is 17.9 Å². The molecule has 8 heteroatoms. The Hall–Kier alpha value is -3.81. The van der Waals surface area contributed by atoms with Crippen LogP contribution in [0.4, 0.5) is 4.39 Å². The SMILES string of the molecule is Cc1cccc(CNC(=O)Cn2cccc(C(=O)NCc3ccc(F)cc3)c2=O)n1. The molecule has 2 heterocycles. The number of benzene rings is 1. The predicted octanol–water partition coefficient (Wildman–Crippen LogP) is 1.94. The predicted molar refractivity (Wildman–Crippen MR) is 109 cm³/mol. The summed E-state index contributed by atoms with van der Waals surface area (Å²) in [5.74, 6) is -1.31. The van der Waals surface area contributed by atoms with Crippen LogP contribution in [0.25, 0.3) is 0 Å². The van der Waals surface area contributed by atoms with Gasteiger partial charge in [0, 0.05) is 18.4 Å². The number of hydrogen-bond acceptors (Lipinski definition) is 4. The normalized spacial score (nSPS) is 10.5. The molecule has 0 fully saturated rings. The summed E-state index contributed by atoms with van der Waals surface area (Å²) in [6, 6.07) is 14.1. The highest BCUT2D eigenvalue weighted by molar-refractivity contribution is 5.93. The zero-order valence-electron chi connectivity index (χ0n) is 16.4. The topological polar surface area (TPSA) is 93.1 Å². The molecule has 0 aliphatic rings. The second-order valence-corrected chi connectivity index (χ2v) is 6.71. The van der Waals surface area contributed by atoms with Crippen molar-refractivity contribution in [2.45, 2.75) is 26.6 Å². The van der Waals surface area contributed by atoms with Gasteiger partial charge in [-0.3, -0.25) is 19.4 Å². The fourth-order valence-electron chi connectivity index (χ4n) is 2.81. The molecular formula is C22H21FN4O3. The van der Waals surface area contributed by atoms with Crippen molar-refractivity contribution >= 4 is 11.8 Å². The van der Waals surface area contributed by atoms with Gasteiger partial charge in [0.05, 0.1) is 12.2 Å². The molecule has 0 atom stereocenters. The van der Waals surface area contributed by atoms with Crippen molar-refractivity contribution in [2.75, 3.05) is 0 Å². The Morgan fingerprint density at radius 1 is 1.00 bits per heavy atom. The van der Waals surface area contributed by atoms with Crippen molar-refractivity contribution in [3.63, 3.8) is 0 Å². The number of nitrogens with one attached hydrogen (secondary N) is 2. The van der Waals surface area contributed by atoms with E-state index >= 15 is 0 Å². The highest BCUT2D eigenvalue weighted by Crippen LogP contribution is 2.03. The Balaban J connectivity index is 1.60. The lowest BCUT2D eigenvalue weighted by molar-refractivity contribution is -0.121. The molecule has 0 unspecified atom stereocenters. The van der Waals surface area contributed by atoms with E-state index in [2.05, 4.69) is 15.6 Å². The molecule has 2 N–H and O–H groups in total. The minimum absolute atomic E-state index is 0.0761. The molecule has 3 aromatic rings. The number of rotatable bonds is 7. The van der Waals surface area contributed by atoms with E-state index in [1.165, 1.54) is 35.0 Å². The van der Waals surface area contributed by atoms with Crippen LogP contribution in [-0.2, 0) is 24.4 Å². The third-order valence-electron chi connectivity index (χ3n) is 4.36. The van der Waals surface area contributed by atoms with Gasteiger partial charge in [-0.25, -0.2) is 4.39 Å². The molecule has 2 amide bonds. The van der Waals surface area contributed by atoms with Crippen molar-refractivity contribution in [2.24, 2.45) is 0 Å². The van der Waals surface area contributed by atoms with Crippen molar-refractivity contribution < 1.29 is 14.0 Å². The summed E-state index contributed by atoms with van der Waals surface area (Å²) >= 11 is 0. The van der Waals surface area contributed by atoms with Crippen molar-refractivity contribution in [1.82, 2.24) is 20.2 Å². The molecule has 0 saturated carbocycles. The first-order valence-electron chi connectivity index (χ1n) is 9.34. The maximum absolute atomic E-state index is 13.0. The Kier molecular flexibility index (Phi) is 6.69. The minimum Gasteiger partial charge on any atom is -0.349 e. The molecular weight excluding hydrogens is 387 g/mol. The summed E-state index contributed by atoms with van der Waals surface area (Å²) in [4.78, 5) is 41.5. The lowest BCUT2D eigenvalue weighted by Crippen LogP contribution is -2.36. The molecule has 154 valence electrons. The first-order valence-corrected chi connectivity index (χ1v) is 9.34. The van der Waals surface area contributed by atoms with Crippen LogP contribution >= 0.6 is 0 Å². The summed E-state index contributed by atoms with van der Waals surface area (Å²) in [7, 11) is 0. The monoisotopic (exact) mass is 408 g/mol. The second kappa shape index (κ2) is 9.60. The van der Waals surface area contributed by atoms with Crippen LogP contribution in [0.15, 0.2) is 65.6 Å². The van der Waals surface area contributed by atoms with Gasteiger partial charge in [-0.2, -0.15) is 0 Å². The lowest BCUT2D eigenvalue weighted by atomic mass is 10.2. The largest absolute Gasteiger partial charge is 0.349 e. The molecule has 7 nitrogen and oxygen atoms in total. The van der Waals surface area contributed by atoms with Gasteiger partial charge in [-0.1, -0.05) is 18.2 Å². The summed E-state index contributed by atoms with van der Waals surface area (Å²) in [5.41, 5.74) is 1.61. The summed E-state index contributed by atoms with van der Waals surface area (Å²) in [6.45, 7) is 2.03. The third-order valence-corrected chi connectivity index (χ3v) is 4.36. The number of aryl methyl sites for hydroxylation is 1. The third kappa shape index (κ3) is 5.60. The van der Waals surface area contributed by atoms with Crippen molar-refractivity contribution in [1.29, 1.82) is 0 Å². The molecule has 30 heavy (non-hydrogen) atoms. The first-order chi connectivity index (χ1) is 14.4. The number of carbonyl (C=O) groups is 2. The maximum Gasteiger partial charge on any atom is 0.263 e. The average Bonchev–Trinajstić information content (AvgIpc) is 2.73. The molecule has 0 bridgehead atoms. The van der Waals surface area contributed by atoms with Gasteiger partial charge in [-0.15, -0.1) is 0 Å². The molecule has 0 aliphatic heterocycles. The van der Waals surface area contributed by atoms with Gasteiger partial charge >= 0.3 is 0 Å². The first kappa shape index (κ1) is 20.9. The minimum atomic E-state index is -0.571. The van der Waals surface area contributed by atoms with Crippen LogP contribution in [0, 0.1) is 12.7 Å². The van der Waals surface area contributed by atoms with Crippen molar-refractivity contribution in [3.05, 3.63) is 99.5 Å². The van der Waals surface area contributed by atoms with Crippen molar-refractivity contribution in [3.8, 4) is 0 Å². The van der Waals surface area contributed by atoms with Gasteiger partial charge in [0.25, 0.3) is 11.5 Å². The molecule has 0 aliphatic carbocycles. The van der Waals surface area contributed by atoms with Crippen LogP contribution in [0.3, 0.4) is 0 Å². The molecule has 0 saturated heterocycles. The fraction of sp³-hybridized carbons (Fsp3) is 0.182. The molecule has 2 aromatic heterocycles. The number of nitrogens with zero attached hydrogens (tertiary/aromatic N) is 2. The van der Waals surface area contributed by atoms with Crippen LogP contribution in [0.5, 0.6) is 0 Å². The zero-order valence-corrected chi connectivity index (χ0v) is 16.4. The Morgan fingerprint density at radius 3 is 2.50 bits per heavy atom. The van der Waals surface area contributed by atoms with Gasteiger partial charge in [-0.05, 0) is 48.9 Å². The maximum atomic E-state index is 13.0. The standard InChI is InChI=1S/C22H21FN4O3/c1-15-4-2-5-18(26-15)13-24-20(28)14-27-11-3-6-19(22(27)30)21(29)25-12-16-7-9-17(23)10-8-16/h2-11H,12-14H2,1H3,(H,24,28)(H,25,29). The van der Waals surface area contributed by atoms with E-state index in [0.717, 1.165) is 5.69 Å². The van der Waals surface area contributed by atoms with E-state index in [9.17, 15) is 18.8 Å². The average molecular weight is 408 g/mol. The quantitative estimate of drug-likeness (QED) is 0.625. The summed E-state index contributed by atoms with van der Waals surface area (Å²) in [6.07, 6.45) is 1.45. The fourth-order valence-corrected chi connectivity index (χ4v) is 2.81. The summed E-state index contributed by atoms with van der Waals surface area (Å²) < 4.78 is 14.1. The zero-order chi connectivity index (χ0) is 21.5. The Morgan fingerprint density at radius 2 is 1.77 bits per heavy atom. The van der Waals surface area contributed by atoms with Crippen LogP contribution in [0.1, 0.15) is 27.3 Å². The second-order valence-electron chi connectivity index (χ2n) is 6.71. The van der Waals surface area contributed by atoms with Gasteiger partial charge in [0.15, 0.2) is 0 Å². The number of pyridine rings is 2. The smallest absolute Gasteiger partial charge is 0.263 e. The van der Waals surface area contributed by atoms with Gasteiger partial charge in [0.2, 0.25) is 5.91 Å². The summed E-state index contributed by atoms with van der Waals surface area (Å²) in [5, 5.41) is 5.33. The van der Waals surface area contributed by atoms with E-state index in [1.807, 2.05) is 19.1 Å². The molecule has 0 radical (unpaired) electrons. The molecule has 1 aromatic carbocycles. The number of halogens is 1. The lowest BCUT2D eigenvalue weighted by Gasteiger charge is -2.10. The van der Waals surface area contributed by atoms with E-state index in [4.69, 9.17) is 0 Å². The van der Waals surface area contributed by atoms with E-state index in [1.54, 1.807) is 18.2 Å². The van der Waals surface area contributed by atoms with Crippen LogP contribution in [-0.4, -0.2) is 21.4 Å². The number of amides is 2. The Bertz CT molecular complexity index is 1110. The molecule has 0 spiro atoms. The number of carbonyl (C=O) groups excluding carboxylic acids is 2. The number of hydrogen-bond donors (Lipinski definition) is 2. The number of aromatic nitrogens is 2. The van der Waals surface area contributed by atoms with E-state index in [0.29, 0.717) is 11.3 Å². The molecule has 3 rings (SSSR count). The van der Waals surface area contributed by atoms with Gasteiger partial charge < -0.3 is 15.2 Å². The van der Waals surface area contributed by atoms with Crippen LogP contribution < -0.4 is 16.2 Å². The highest BCUT2D eigenvalue weighted by Gasteiger charge is 2.13. The Labute approximate surface area is 172 Å².